The number of halogens is 1. The zero-order valence-corrected chi connectivity index (χ0v) is 13.9. The number of rotatable bonds is 3. The van der Waals surface area contributed by atoms with Crippen LogP contribution in [0.3, 0.4) is 0 Å². The molecule has 0 bridgehead atoms. The van der Waals surface area contributed by atoms with Gasteiger partial charge < -0.3 is 9.88 Å². The maximum atomic E-state index is 13.4. The summed E-state index contributed by atoms with van der Waals surface area (Å²) >= 11 is 0. The minimum Gasteiger partial charge on any atom is -0.338 e. The Labute approximate surface area is 144 Å². The van der Waals surface area contributed by atoms with Crippen LogP contribution in [-0.2, 0) is 7.05 Å². The Morgan fingerprint density at radius 3 is 2.60 bits per heavy atom. The van der Waals surface area contributed by atoms with E-state index in [0.29, 0.717) is 22.8 Å². The van der Waals surface area contributed by atoms with Gasteiger partial charge in [0.05, 0.1) is 6.33 Å². The van der Waals surface area contributed by atoms with Crippen molar-refractivity contribution in [2.45, 2.75) is 6.92 Å². The van der Waals surface area contributed by atoms with E-state index in [1.165, 1.54) is 12.1 Å². The van der Waals surface area contributed by atoms with Crippen LogP contribution >= 0.6 is 0 Å². The second-order valence-corrected chi connectivity index (χ2v) is 5.87. The van der Waals surface area contributed by atoms with Crippen molar-refractivity contribution in [2.24, 2.45) is 7.05 Å². The Balaban J connectivity index is 1.90. The number of aryl methyl sites for hydroxylation is 2. The highest BCUT2D eigenvalue weighted by atomic mass is 19.1. The van der Waals surface area contributed by atoms with Crippen LogP contribution in [0.4, 0.5) is 15.9 Å². The van der Waals surface area contributed by atoms with Crippen LogP contribution in [0.2, 0.25) is 0 Å². The van der Waals surface area contributed by atoms with Gasteiger partial charge in [0.2, 0.25) is 0 Å². The summed E-state index contributed by atoms with van der Waals surface area (Å²) in [7, 11) is 1.88. The lowest BCUT2D eigenvalue weighted by Crippen LogP contribution is -2.01. The van der Waals surface area contributed by atoms with Crippen molar-refractivity contribution in [1.29, 1.82) is 0 Å². The number of imidazole rings is 1. The van der Waals surface area contributed by atoms with Crippen molar-refractivity contribution in [3.8, 4) is 11.4 Å². The highest BCUT2D eigenvalue weighted by Crippen LogP contribution is 2.28. The molecule has 0 radical (unpaired) electrons. The van der Waals surface area contributed by atoms with Crippen LogP contribution in [-0.4, -0.2) is 19.5 Å². The van der Waals surface area contributed by atoms with E-state index in [4.69, 9.17) is 0 Å². The summed E-state index contributed by atoms with van der Waals surface area (Å²) in [6.07, 6.45) is 1.71. The third-order valence-corrected chi connectivity index (χ3v) is 4.03. The first-order valence-electron chi connectivity index (χ1n) is 7.89. The molecule has 0 atom stereocenters. The van der Waals surface area contributed by atoms with Gasteiger partial charge in [0.1, 0.15) is 5.82 Å². The number of nitrogens with zero attached hydrogens (tertiary/aromatic N) is 4. The summed E-state index contributed by atoms with van der Waals surface area (Å²) in [6.45, 7) is 1.85. The van der Waals surface area contributed by atoms with E-state index in [1.807, 2.05) is 48.9 Å². The molecule has 0 saturated heterocycles. The number of aromatic nitrogens is 4. The van der Waals surface area contributed by atoms with Crippen LogP contribution in [0.5, 0.6) is 0 Å². The third kappa shape index (κ3) is 2.82. The molecule has 2 aromatic carbocycles. The van der Waals surface area contributed by atoms with Crippen LogP contribution in [0, 0.1) is 12.7 Å². The molecule has 0 amide bonds. The molecular weight excluding hydrogens is 317 g/mol. The van der Waals surface area contributed by atoms with Gasteiger partial charge in [-0.3, -0.25) is 0 Å². The average molecular weight is 333 g/mol. The zero-order chi connectivity index (χ0) is 17.4. The van der Waals surface area contributed by atoms with Crippen molar-refractivity contribution < 1.29 is 4.39 Å². The van der Waals surface area contributed by atoms with Crippen LogP contribution < -0.4 is 5.32 Å². The number of hydrogen-bond donors (Lipinski definition) is 1. The number of nitrogens with one attached hydrogen (secondary N) is 1. The number of fused-ring (bicyclic) bond motifs is 1. The first kappa shape index (κ1) is 15.3. The molecule has 0 fully saturated rings. The van der Waals surface area contributed by atoms with Gasteiger partial charge in [-0.15, -0.1) is 0 Å². The molecule has 4 rings (SSSR count). The third-order valence-electron chi connectivity index (χ3n) is 4.03. The summed E-state index contributed by atoms with van der Waals surface area (Å²) in [5.41, 5.74) is 3.89. The fourth-order valence-electron chi connectivity index (χ4n) is 2.75. The molecule has 0 spiro atoms. The van der Waals surface area contributed by atoms with E-state index in [-0.39, 0.29) is 5.82 Å². The van der Waals surface area contributed by atoms with Crippen molar-refractivity contribution in [1.82, 2.24) is 19.5 Å². The fourth-order valence-corrected chi connectivity index (χ4v) is 2.75. The second kappa shape index (κ2) is 5.98. The molecule has 5 nitrogen and oxygen atoms in total. The number of para-hydroxylation sites is 1. The summed E-state index contributed by atoms with van der Waals surface area (Å²) in [6, 6.07) is 14.4. The van der Waals surface area contributed by atoms with E-state index in [0.717, 1.165) is 16.8 Å². The summed E-state index contributed by atoms with van der Waals surface area (Å²) in [5, 5.41) is 3.30. The monoisotopic (exact) mass is 333 g/mol. The standard InChI is InChI=1S/C19H16FN5/c1-12-10-13(20)8-9-15(12)17-23-18(22-14-6-4-3-5-7-14)16-19(24-17)25(2)11-21-16/h3-11H,1-2H3,(H,22,23,24). The van der Waals surface area contributed by atoms with E-state index in [9.17, 15) is 4.39 Å². The smallest absolute Gasteiger partial charge is 0.165 e. The van der Waals surface area contributed by atoms with Crippen LogP contribution in [0.25, 0.3) is 22.6 Å². The van der Waals surface area contributed by atoms with Crippen LogP contribution in [0.15, 0.2) is 54.9 Å². The first-order chi connectivity index (χ1) is 12.1. The minimum absolute atomic E-state index is 0.273. The molecule has 124 valence electrons. The number of hydrogen-bond acceptors (Lipinski definition) is 4. The van der Waals surface area contributed by atoms with Crippen molar-refractivity contribution in [3.63, 3.8) is 0 Å². The van der Waals surface area contributed by atoms with E-state index in [1.54, 1.807) is 12.4 Å². The highest BCUT2D eigenvalue weighted by molar-refractivity contribution is 5.87. The van der Waals surface area contributed by atoms with Gasteiger partial charge in [0, 0.05) is 18.3 Å². The predicted octanol–water partition coefficient (Wildman–Crippen LogP) is 4.22. The Morgan fingerprint density at radius 1 is 1.04 bits per heavy atom. The van der Waals surface area contributed by atoms with Gasteiger partial charge in [0.25, 0.3) is 0 Å². The number of anilines is 2. The summed E-state index contributed by atoms with van der Waals surface area (Å²) < 4.78 is 15.3. The van der Waals surface area contributed by atoms with E-state index >= 15 is 0 Å². The molecule has 2 heterocycles. The zero-order valence-electron chi connectivity index (χ0n) is 13.9. The van der Waals surface area contributed by atoms with Crippen molar-refractivity contribution >= 4 is 22.7 Å². The minimum atomic E-state index is -0.273. The molecule has 2 aromatic heterocycles. The molecule has 0 saturated carbocycles. The maximum Gasteiger partial charge on any atom is 0.165 e. The Kier molecular flexibility index (Phi) is 3.65. The Bertz CT molecular complexity index is 1060. The SMILES string of the molecule is Cc1cc(F)ccc1-c1nc(Nc2ccccc2)c2ncn(C)c2n1. The lowest BCUT2D eigenvalue weighted by molar-refractivity contribution is 0.627. The lowest BCUT2D eigenvalue weighted by atomic mass is 10.1. The van der Waals surface area contributed by atoms with Crippen molar-refractivity contribution in [2.75, 3.05) is 5.32 Å². The molecule has 0 aliphatic carbocycles. The molecule has 4 aromatic rings. The van der Waals surface area contributed by atoms with Gasteiger partial charge in [-0.05, 0) is 42.8 Å². The topological polar surface area (TPSA) is 55.6 Å². The summed E-state index contributed by atoms with van der Waals surface area (Å²) in [4.78, 5) is 13.7. The highest BCUT2D eigenvalue weighted by Gasteiger charge is 2.15. The largest absolute Gasteiger partial charge is 0.338 e. The van der Waals surface area contributed by atoms with Gasteiger partial charge >= 0.3 is 0 Å². The van der Waals surface area contributed by atoms with Crippen molar-refractivity contribution in [3.05, 3.63) is 66.2 Å². The van der Waals surface area contributed by atoms with Gasteiger partial charge in [-0.2, -0.15) is 0 Å². The number of benzene rings is 2. The molecule has 1 N–H and O–H groups in total. The quantitative estimate of drug-likeness (QED) is 0.610. The Hall–Kier alpha value is -3.28. The summed E-state index contributed by atoms with van der Waals surface area (Å²) in [5.74, 6) is 0.882. The average Bonchev–Trinajstić information content (AvgIpc) is 2.97. The lowest BCUT2D eigenvalue weighted by Gasteiger charge is -2.10. The maximum absolute atomic E-state index is 13.4. The van der Waals surface area contributed by atoms with E-state index in [2.05, 4.69) is 20.3 Å². The first-order valence-corrected chi connectivity index (χ1v) is 7.89. The van der Waals surface area contributed by atoms with Gasteiger partial charge in [-0.1, -0.05) is 18.2 Å². The molecule has 0 aliphatic heterocycles. The van der Waals surface area contributed by atoms with Gasteiger partial charge in [0.15, 0.2) is 22.8 Å². The normalized spacial score (nSPS) is 11.0. The van der Waals surface area contributed by atoms with Crippen LogP contribution in [0.1, 0.15) is 5.56 Å². The van der Waals surface area contributed by atoms with Gasteiger partial charge in [-0.25, -0.2) is 19.3 Å². The molecular formula is C19H16FN5. The second-order valence-electron chi connectivity index (χ2n) is 5.87. The molecule has 0 unspecified atom stereocenters. The molecule has 25 heavy (non-hydrogen) atoms. The molecule has 0 aliphatic rings. The fraction of sp³-hybridized carbons (Fsp3) is 0.105. The van der Waals surface area contributed by atoms with E-state index < -0.39 is 0 Å². The molecule has 6 heteroatoms. The predicted molar refractivity (Wildman–Crippen MR) is 96.2 cm³/mol. The Morgan fingerprint density at radius 2 is 1.84 bits per heavy atom.